The van der Waals surface area contributed by atoms with Crippen molar-refractivity contribution in [2.24, 2.45) is 0 Å². The molecule has 2 N–H and O–H groups in total. The summed E-state index contributed by atoms with van der Waals surface area (Å²) in [6.45, 7) is 3.98. The van der Waals surface area contributed by atoms with Crippen LogP contribution in [-0.4, -0.2) is 89.5 Å². The summed E-state index contributed by atoms with van der Waals surface area (Å²) in [4.78, 5) is 34.9. The summed E-state index contributed by atoms with van der Waals surface area (Å²) in [5.41, 5.74) is 5.01. The number of fused-ring (bicyclic) bond motifs is 1. The van der Waals surface area contributed by atoms with Gasteiger partial charge in [0.25, 0.3) is 0 Å². The lowest BCUT2D eigenvalue weighted by atomic mass is 9.95. The molecule has 7 aromatic rings. The molecule has 0 aliphatic carbocycles. The minimum atomic E-state index is -1.14. The van der Waals surface area contributed by atoms with Gasteiger partial charge in [0, 0.05) is 36.7 Å². The summed E-state index contributed by atoms with van der Waals surface area (Å²) in [6.07, 6.45) is 3.11. The van der Waals surface area contributed by atoms with Gasteiger partial charge in [-0.05, 0) is 85.7 Å². The zero-order valence-corrected chi connectivity index (χ0v) is 35.6. The Morgan fingerprint density at radius 1 is 0.869 bits per heavy atom. The Balaban J connectivity index is 1.18. The van der Waals surface area contributed by atoms with Gasteiger partial charge >= 0.3 is 5.97 Å². The van der Waals surface area contributed by atoms with E-state index in [-0.39, 0.29) is 18.8 Å². The molecule has 0 saturated carbocycles. The molecule has 0 fully saturated rings. The van der Waals surface area contributed by atoms with Crippen LogP contribution < -0.4 is 19.5 Å². The predicted molar refractivity (Wildman–Crippen MR) is 236 cm³/mol. The topological polar surface area (TPSA) is 141 Å². The highest BCUT2D eigenvalue weighted by molar-refractivity contribution is 7.22. The molecule has 1 unspecified atom stereocenters. The standard InChI is InChI=1S/C46H44ClFN6O6S/c1-28-33(17-18-38(41(28)47)58-22-21-54(2)3)39-40-44(50-27-51-45(40)61-42(39)29-13-15-31(48)16-14-29)53-35(46(55)56)25-30-9-5-7-11-36(30)60-26-32-19-20-49-43(52-32)34-10-6-8-12-37(34)59-24-23-57-4/h5-20,27,35H,21-26H2,1-4H3,(H,55,56)(H,50,51,53). The van der Waals surface area contributed by atoms with E-state index in [4.69, 9.17) is 35.5 Å². The molecule has 15 heteroatoms. The fourth-order valence-corrected chi connectivity index (χ4v) is 8.03. The van der Waals surface area contributed by atoms with Crippen molar-refractivity contribution < 1.29 is 33.2 Å². The number of nitrogens with zero attached hydrogens (tertiary/aromatic N) is 5. The molecule has 0 aliphatic heterocycles. The highest BCUT2D eigenvalue weighted by Gasteiger charge is 2.27. The molecule has 0 aliphatic rings. The number of carboxylic acid groups (broad SMARTS) is 1. The third-order valence-corrected chi connectivity index (χ3v) is 11.4. The van der Waals surface area contributed by atoms with Gasteiger partial charge in [0.15, 0.2) is 5.82 Å². The van der Waals surface area contributed by atoms with Crippen LogP contribution in [0.4, 0.5) is 10.2 Å². The van der Waals surface area contributed by atoms with E-state index < -0.39 is 12.0 Å². The van der Waals surface area contributed by atoms with E-state index >= 15 is 0 Å². The number of rotatable bonds is 19. The SMILES string of the molecule is COCCOc1ccccc1-c1nccc(COc2ccccc2CC(Nc2ncnc3sc(-c4ccc(F)cc4)c(-c4ccc(OCCN(C)C)c(Cl)c4C)c23)C(=O)O)n1. The van der Waals surface area contributed by atoms with Crippen LogP contribution >= 0.6 is 22.9 Å². The number of carboxylic acids is 1. The van der Waals surface area contributed by atoms with E-state index in [1.165, 1.54) is 29.8 Å². The minimum absolute atomic E-state index is 0.0480. The first kappa shape index (κ1) is 42.9. The summed E-state index contributed by atoms with van der Waals surface area (Å²) in [5, 5.41) is 14.9. The molecular weight excluding hydrogens is 819 g/mol. The van der Waals surface area contributed by atoms with Gasteiger partial charge in [-0.1, -0.05) is 60.1 Å². The van der Waals surface area contributed by atoms with Crippen molar-refractivity contribution in [2.45, 2.75) is 26.0 Å². The third kappa shape index (κ3) is 10.2. The normalized spacial score (nSPS) is 11.8. The van der Waals surface area contributed by atoms with Gasteiger partial charge < -0.3 is 34.3 Å². The van der Waals surface area contributed by atoms with Gasteiger partial charge in [0.2, 0.25) is 0 Å². The predicted octanol–water partition coefficient (Wildman–Crippen LogP) is 9.24. The number of methoxy groups -OCH3 is 1. The van der Waals surface area contributed by atoms with E-state index in [0.717, 1.165) is 32.7 Å². The number of para-hydroxylation sites is 2. The van der Waals surface area contributed by atoms with Gasteiger partial charge in [-0.25, -0.2) is 29.1 Å². The number of halogens is 2. The van der Waals surface area contributed by atoms with Gasteiger partial charge in [-0.15, -0.1) is 11.3 Å². The zero-order chi connectivity index (χ0) is 42.9. The van der Waals surface area contributed by atoms with E-state index in [1.54, 1.807) is 37.6 Å². The van der Waals surface area contributed by atoms with Crippen molar-refractivity contribution in [3.05, 3.63) is 131 Å². The number of aromatic nitrogens is 4. The van der Waals surface area contributed by atoms with Gasteiger partial charge in [0.05, 0.1) is 28.3 Å². The molecule has 0 bridgehead atoms. The number of thiophene rings is 1. The second kappa shape index (κ2) is 19.9. The molecule has 0 saturated heterocycles. The Kier molecular flexibility index (Phi) is 14.0. The molecule has 3 aromatic heterocycles. The fourth-order valence-electron chi connectivity index (χ4n) is 6.65. The average molecular weight is 863 g/mol. The van der Waals surface area contributed by atoms with Crippen LogP contribution in [0, 0.1) is 12.7 Å². The molecule has 0 amide bonds. The number of aliphatic carboxylic acids is 1. The van der Waals surface area contributed by atoms with Crippen LogP contribution in [0.2, 0.25) is 5.02 Å². The fraction of sp³-hybridized carbons (Fsp3) is 0.239. The van der Waals surface area contributed by atoms with Crippen LogP contribution in [0.3, 0.4) is 0 Å². The molecular formula is C46H44ClFN6O6S. The van der Waals surface area contributed by atoms with Crippen molar-refractivity contribution in [1.29, 1.82) is 0 Å². The largest absolute Gasteiger partial charge is 0.491 e. The Hall–Kier alpha value is -6.19. The lowest BCUT2D eigenvalue weighted by molar-refractivity contribution is -0.137. The second-order valence-corrected chi connectivity index (χ2v) is 15.6. The quantitative estimate of drug-likeness (QED) is 0.0749. The maximum Gasteiger partial charge on any atom is 0.326 e. The van der Waals surface area contributed by atoms with Crippen molar-refractivity contribution in [3.8, 4) is 50.2 Å². The van der Waals surface area contributed by atoms with E-state index in [9.17, 15) is 14.3 Å². The molecule has 0 spiro atoms. The maximum atomic E-state index is 14.2. The number of benzene rings is 4. The van der Waals surface area contributed by atoms with Crippen LogP contribution in [0.25, 0.3) is 43.2 Å². The molecule has 0 radical (unpaired) electrons. The monoisotopic (exact) mass is 862 g/mol. The highest BCUT2D eigenvalue weighted by atomic mass is 35.5. The van der Waals surface area contributed by atoms with Crippen LogP contribution in [0.5, 0.6) is 17.2 Å². The summed E-state index contributed by atoms with van der Waals surface area (Å²) in [6, 6.07) is 25.4. The number of likely N-dealkylation sites (N-methyl/N-ethyl adjacent to an activating group) is 1. The second-order valence-electron chi connectivity index (χ2n) is 14.3. The molecule has 61 heavy (non-hydrogen) atoms. The highest BCUT2D eigenvalue weighted by Crippen LogP contribution is 2.49. The number of ether oxygens (including phenoxy) is 4. The summed E-state index contributed by atoms with van der Waals surface area (Å²) >= 11 is 8.36. The summed E-state index contributed by atoms with van der Waals surface area (Å²) < 4.78 is 37.5. The Morgan fingerprint density at radius 3 is 2.39 bits per heavy atom. The van der Waals surface area contributed by atoms with Gasteiger partial charge in [0.1, 0.15) is 65.9 Å². The molecule has 12 nitrogen and oxygen atoms in total. The number of anilines is 1. The smallest absolute Gasteiger partial charge is 0.326 e. The Bertz CT molecular complexity index is 2630. The first-order valence-corrected chi connectivity index (χ1v) is 20.6. The van der Waals surface area contributed by atoms with Crippen molar-refractivity contribution in [1.82, 2.24) is 24.8 Å². The summed E-state index contributed by atoms with van der Waals surface area (Å²) in [7, 11) is 5.55. The zero-order valence-electron chi connectivity index (χ0n) is 34.0. The summed E-state index contributed by atoms with van der Waals surface area (Å²) in [5.74, 6) is 1.01. The van der Waals surface area contributed by atoms with Crippen molar-refractivity contribution >= 4 is 44.9 Å². The van der Waals surface area contributed by atoms with E-state index in [0.29, 0.717) is 81.8 Å². The Morgan fingerprint density at radius 2 is 1.62 bits per heavy atom. The number of carbonyl (C=O) groups is 1. The average Bonchev–Trinajstić information content (AvgIpc) is 3.65. The van der Waals surface area contributed by atoms with Crippen LogP contribution in [0.1, 0.15) is 16.8 Å². The molecule has 4 aromatic carbocycles. The molecule has 1 atom stereocenters. The Labute approximate surface area is 361 Å². The first-order chi connectivity index (χ1) is 29.6. The van der Waals surface area contributed by atoms with E-state index in [1.807, 2.05) is 80.5 Å². The third-order valence-electron chi connectivity index (χ3n) is 9.78. The molecule has 3 heterocycles. The maximum absolute atomic E-state index is 14.2. The van der Waals surface area contributed by atoms with E-state index in [2.05, 4.69) is 20.3 Å². The van der Waals surface area contributed by atoms with Crippen LogP contribution in [-0.2, 0) is 22.6 Å². The molecule has 7 rings (SSSR count). The molecule has 314 valence electrons. The number of hydrogen-bond acceptors (Lipinski definition) is 12. The van der Waals surface area contributed by atoms with Gasteiger partial charge in [-0.2, -0.15) is 0 Å². The van der Waals surface area contributed by atoms with Gasteiger partial charge in [-0.3, -0.25) is 0 Å². The minimum Gasteiger partial charge on any atom is -0.491 e. The first-order valence-electron chi connectivity index (χ1n) is 19.4. The number of nitrogens with one attached hydrogen (secondary N) is 1. The van der Waals surface area contributed by atoms with Crippen molar-refractivity contribution in [2.75, 3.05) is 52.9 Å². The lowest BCUT2D eigenvalue weighted by Crippen LogP contribution is -2.32. The lowest BCUT2D eigenvalue weighted by Gasteiger charge is -2.19. The number of hydrogen-bond donors (Lipinski definition) is 2. The van der Waals surface area contributed by atoms with Crippen LogP contribution in [0.15, 0.2) is 104 Å². The van der Waals surface area contributed by atoms with Crippen molar-refractivity contribution in [3.63, 3.8) is 0 Å².